The highest BCUT2D eigenvalue weighted by molar-refractivity contribution is 5.77. The summed E-state index contributed by atoms with van der Waals surface area (Å²) >= 11 is 0. The monoisotopic (exact) mass is 261 g/mol. The molecule has 1 rings (SSSR count). The van der Waals surface area contributed by atoms with Crippen molar-refractivity contribution in [3.05, 3.63) is 29.8 Å². The van der Waals surface area contributed by atoms with Crippen LogP contribution < -0.4 is 10.1 Å². The Labute approximate surface area is 113 Å². The van der Waals surface area contributed by atoms with Gasteiger partial charge in [-0.15, -0.1) is 0 Å². The van der Waals surface area contributed by atoms with Gasteiger partial charge in [-0.2, -0.15) is 5.26 Å². The van der Waals surface area contributed by atoms with E-state index in [4.69, 9.17) is 10.00 Å². The summed E-state index contributed by atoms with van der Waals surface area (Å²) in [6.07, 6.45) is -0.105. The molecule has 1 amide bonds. The first-order valence-corrected chi connectivity index (χ1v) is 6.12. The molecule has 0 aliphatic carbocycles. The summed E-state index contributed by atoms with van der Waals surface area (Å²) in [5, 5.41) is 11.0. The van der Waals surface area contributed by atoms with Gasteiger partial charge < -0.3 is 15.0 Å². The summed E-state index contributed by atoms with van der Waals surface area (Å²) < 4.78 is 5.56. The molecular weight excluding hydrogens is 242 g/mol. The predicted molar refractivity (Wildman–Crippen MR) is 72.6 cm³/mol. The number of nitrogens with one attached hydrogen (secondary N) is 1. The minimum atomic E-state index is -0.256. The third-order valence-corrected chi connectivity index (χ3v) is 2.46. The molecule has 1 N–H and O–H groups in total. The zero-order valence-electron chi connectivity index (χ0n) is 11.3. The van der Waals surface area contributed by atoms with Crippen molar-refractivity contribution in [3.63, 3.8) is 0 Å². The van der Waals surface area contributed by atoms with Crippen LogP contribution >= 0.6 is 0 Å². The van der Waals surface area contributed by atoms with Crippen LogP contribution in [0.3, 0.4) is 0 Å². The molecule has 0 unspecified atom stereocenters. The number of ether oxygens (including phenoxy) is 1. The molecule has 1 aromatic carbocycles. The number of amides is 1. The van der Waals surface area contributed by atoms with Crippen LogP contribution in [0.15, 0.2) is 24.3 Å². The van der Waals surface area contributed by atoms with Gasteiger partial charge in [0.2, 0.25) is 5.91 Å². The number of likely N-dealkylation sites (N-methyl/N-ethyl adjacent to an activating group) is 1. The van der Waals surface area contributed by atoms with Crippen molar-refractivity contribution in [3.8, 4) is 11.8 Å². The zero-order valence-corrected chi connectivity index (χ0v) is 11.3. The highest BCUT2D eigenvalue weighted by Crippen LogP contribution is 2.12. The van der Waals surface area contributed by atoms with Gasteiger partial charge in [0.05, 0.1) is 6.07 Å². The van der Waals surface area contributed by atoms with E-state index in [2.05, 4.69) is 10.2 Å². The number of carbonyl (C=O) groups excluding carboxylic acids is 1. The van der Waals surface area contributed by atoms with Gasteiger partial charge in [-0.3, -0.25) is 4.79 Å². The van der Waals surface area contributed by atoms with E-state index in [1.165, 1.54) is 0 Å². The molecule has 0 aliphatic rings. The fourth-order valence-corrected chi connectivity index (χ4v) is 1.38. The van der Waals surface area contributed by atoms with E-state index in [9.17, 15) is 4.79 Å². The fraction of sp³-hybridized carbons (Fsp3) is 0.429. The maximum atomic E-state index is 11.1. The van der Waals surface area contributed by atoms with Gasteiger partial charge in [0, 0.05) is 13.1 Å². The second-order valence-corrected chi connectivity index (χ2v) is 4.41. The Morgan fingerprint density at radius 1 is 1.37 bits per heavy atom. The van der Waals surface area contributed by atoms with Gasteiger partial charge in [0.25, 0.3) is 0 Å². The van der Waals surface area contributed by atoms with Gasteiger partial charge in [0.1, 0.15) is 18.8 Å². The van der Waals surface area contributed by atoms with Crippen LogP contribution in [0.4, 0.5) is 0 Å². The van der Waals surface area contributed by atoms with E-state index in [-0.39, 0.29) is 12.3 Å². The summed E-state index contributed by atoms with van der Waals surface area (Å²) in [5.41, 5.74) is 0.978. The minimum Gasteiger partial charge on any atom is -0.492 e. The molecular formula is C14H19N3O2. The quantitative estimate of drug-likeness (QED) is 0.800. The van der Waals surface area contributed by atoms with Crippen LogP contribution in [-0.4, -0.2) is 38.1 Å². The molecule has 1 aromatic rings. The first-order valence-electron chi connectivity index (χ1n) is 6.12. The molecule has 0 aliphatic heterocycles. The fourth-order valence-electron chi connectivity index (χ4n) is 1.38. The Hall–Kier alpha value is -2.06. The summed E-state index contributed by atoms with van der Waals surface area (Å²) in [6, 6.07) is 9.36. The van der Waals surface area contributed by atoms with E-state index in [1.54, 1.807) is 0 Å². The van der Waals surface area contributed by atoms with Crippen molar-refractivity contribution < 1.29 is 9.53 Å². The van der Waals surface area contributed by atoms with Gasteiger partial charge in [-0.25, -0.2) is 0 Å². The van der Waals surface area contributed by atoms with Gasteiger partial charge >= 0.3 is 0 Å². The van der Waals surface area contributed by atoms with E-state index >= 15 is 0 Å². The second-order valence-electron chi connectivity index (χ2n) is 4.41. The Morgan fingerprint density at radius 3 is 2.63 bits per heavy atom. The lowest BCUT2D eigenvalue weighted by Gasteiger charge is -2.11. The molecule has 0 atom stereocenters. The topological polar surface area (TPSA) is 65.4 Å². The maximum Gasteiger partial charge on any atom is 0.234 e. The standard InChI is InChI=1S/C14H19N3O2/c1-17(2)9-10-19-13-5-3-12(4-6-13)11-16-14(18)7-8-15/h3-6H,7,9-11H2,1-2H3,(H,16,18). The summed E-state index contributed by atoms with van der Waals surface area (Å²) in [6.45, 7) is 1.94. The Kier molecular flexibility index (Phi) is 6.41. The molecule has 5 heteroatoms. The summed E-state index contributed by atoms with van der Waals surface area (Å²) in [5.74, 6) is 0.558. The van der Waals surface area contributed by atoms with Gasteiger partial charge in [-0.05, 0) is 31.8 Å². The molecule has 102 valence electrons. The molecule has 0 spiro atoms. The highest BCUT2D eigenvalue weighted by Gasteiger charge is 2.00. The zero-order chi connectivity index (χ0) is 14.1. The van der Waals surface area contributed by atoms with Crippen LogP contribution in [0, 0.1) is 11.3 Å². The molecule has 19 heavy (non-hydrogen) atoms. The second kappa shape index (κ2) is 8.11. The van der Waals surface area contributed by atoms with E-state index in [0.717, 1.165) is 17.9 Å². The number of hydrogen-bond donors (Lipinski definition) is 1. The SMILES string of the molecule is CN(C)CCOc1ccc(CNC(=O)CC#N)cc1. The molecule has 0 saturated heterocycles. The average molecular weight is 261 g/mol. The Morgan fingerprint density at radius 2 is 2.05 bits per heavy atom. The lowest BCUT2D eigenvalue weighted by molar-refractivity contribution is -0.120. The summed E-state index contributed by atoms with van der Waals surface area (Å²) in [4.78, 5) is 13.2. The van der Waals surface area contributed by atoms with Gasteiger partial charge in [-0.1, -0.05) is 12.1 Å². The van der Waals surface area contributed by atoms with Crippen LogP contribution in [0.2, 0.25) is 0 Å². The molecule has 0 heterocycles. The molecule has 0 radical (unpaired) electrons. The van der Waals surface area contributed by atoms with Crippen molar-refractivity contribution >= 4 is 5.91 Å². The Balaban J connectivity index is 2.35. The van der Waals surface area contributed by atoms with E-state index in [0.29, 0.717) is 13.2 Å². The lowest BCUT2D eigenvalue weighted by atomic mass is 10.2. The first-order chi connectivity index (χ1) is 9.11. The lowest BCUT2D eigenvalue weighted by Crippen LogP contribution is -2.21. The predicted octanol–water partition coefficient (Wildman–Crippen LogP) is 1.16. The molecule has 0 aromatic heterocycles. The molecule has 0 bridgehead atoms. The number of rotatable bonds is 7. The van der Waals surface area contributed by atoms with Crippen molar-refractivity contribution in [2.45, 2.75) is 13.0 Å². The number of nitrogens with zero attached hydrogens (tertiary/aromatic N) is 2. The van der Waals surface area contributed by atoms with Crippen molar-refractivity contribution in [2.75, 3.05) is 27.2 Å². The molecule has 0 saturated carbocycles. The third kappa shape index (κ3) is 6.43. The summed E-state index contributed by atoms with van der Waals surface area (Å²) in [7, 11) is 3.99. The number of hydrogen-bond acceptors (Lipinski definition) is 4. The van der Waals surface area contributed by atoms with Crippen molar-refractivity contribution in [1.82, 2.24) is 10.2 Å². The van der Waals surface area contributed by atoms with Gasteiger partial charge in [0.15, 0.2) is 0 Å². The van der Waals surface area contributed by atoms with E-state index < -0.39 is 0 Å². The van der Waals surface area contributed by atoms with E-state index in [1.807, 2.05) is 44.4 Å². The molecule has 0 fully saturated rings. The van der Waals surface area contributed by atoms with Crippen molar-refractivity contribution in [2.24, 2.45) is 0 Å². The largest absolute Gasteiger partial charge is 0.492 e. The highest BCUT2D eigenvalue weighted by atomic mass is 16.5. The van der Waals surface area contributed by atoms with Crippen LogP contribution in [-0.2, 0) is 11.3 Å². The molecule has 5 nitrogen and oxygen atoms in total. The Bertz CT molecular complexity index is 435. The first kappa shape index (κ1) is 15.0. The van der Waals surface area contributed by atoms with Crippen LogP contribution in [0.1, 0.15) is 12.0 Å². The maximum absolute atomic E-state index is 11.1. The van der Waals surface area contributed by atoms with Crippen molar-refractivity contribution in [1.29, 1.82) is 5.26 Å². The smallest absolute Gasteiger partial charge is 0.234 e. The van der Waals surface area contributed by atoms with Crippen LogP contribution in [0.5, 0.6) is 5.75 Å². The average Bonchev–Trinajstić information content (AvgIpc) is 2.38. The van der Waals surface area contributed by atoms with Crippen LogP contribution in [0.25, 0.3) is 0 Å². The third-order valence-electron chi connectivity index (χ3n) is 2.46. The normalized spacial score (nSPS) is 10.0. The number of carbonyl (C=O) groups is 1. The number of nitriles is 1. The minimum absolute atomic E-state index is 0.105. The number of benzene rings is 1.